The summed E-state index contributed by atoms with van der Waals surface area (Å²) in [6.07, 6.45) is 10.5. The van der Waals surface area contributed by atoms with E-state index in [-0.39, 0.29) is 0 Å². The van der Waals surface area contributed by atoms with Gasteiger partial charge in [0.25, 0.3) is 0 Å². The van der Waals surface area contributed by atoms with Gasteiger partial charge in [0.05, 0.1) is 0 Å². The summed E-state index contributed by atoms with van der Waals surface area (Å²) in [7, 11) is 0. The molecule has 2 aliphatic rings. The average Bonchev–Trinajstić information content (AvgIpc) is 2.73. The molecule has 0 atom stereocenters. The summed E-state index contributed by atoms with van der Waals surface area (Å²) in [5.41, 5.74) is 7.28. The predicted molar refractivity (Wildman–Crippen MR) is 69.2 cm³/mol. The smallest absolute Gasteiger partial charge is 0.00518 e. The number of allylic oxidation sites excluding steroid dienone is 6. The normalized spacial score (nSPS) is 18.7. The Hall–Kier alpha value is -1.56. The summed E-state index contributed by atoms with van der Waals surface area (Å²) in [6, 6.07) is 8.87. The van der Waals surface area contributed by atoms with Crippen LogP contribution in [-0.4, -0.2) is 0 Å². The van der Waals surface area contributed by atoms with E-state index in [1.54, 1.807) is 5.57 Å². The lowest BCUT2D eigenvalue weighted by molar-refractivity contribution is 0.930. The second-order valence-corrected chi connectivity index (χ2v) is 4.71. The van der Waals surface area contributed by atoms with Gasteiger partial charge in [-0.3, -0.25) is 0 Å². The van der Waals surface area contributed by atoms with E-state index >= 15 is 0 Å². The number of rotatable bonds is 1. The Kier molecular flexibility index (Phi) is 2.28. The van der Waals surface area contributed by atoms with Crippen LogP contribution in [0.5, 0.6) is 0 Å². The van der Waals surface area contributed by atoms with Gasteiger partial charge in [-0.15, -0.1) is 0 Å². The monoisotopic (exact) mass is 208 g/mol. The Morgan fingerprint density at radius 2 is 1.88 bits per heavy atom. The van der Waals surface area contributed by atoms with Crippen molar-refractivity contribution in [3.05, 3.63) is 64.8 Å². The van der Waals surface area contributed by atoms with Crippen LogP contribution in [0.2, 0.25) is 0 Å². The molecule has 0 amide bonds. The summed E-state index contributed by atoms with van der Waals surface area (Å²) in [4.78, 5) is 0. The summed E-state index contributed by atoms with van der Waals surface area (Å²) >= 11 is 0. The van der Waals surface area contributed by atoms with Gasteiger partial charge in [-0.2, -0.15) is 0 Å². The fourth-order valence-electron chi connectivity index (χ4n) is 2.49. The highest BCUT2D eigenvalue weighted by molar-refractivity contribution is 5.76. The van der Waals surface area contributed by atoms with Gasteiger partial charge in [-0.25, -0.2) is 0 Å². The van der Waals surface area contributed by atoms with Crippen molar-refractivity contribution in [3.63, 3.8) is 0 Å². The van der Waals surface area contributed by atoms with E-state index < -0.39 is 0 Å². The van der Waals surface area contributed by atoms with E-state index in [2.05, 4.69) is 49.4 Å². The van der Waals surface area contributed by atoms with E-state index in [0.29, 0.717) is 0 Å². The van der Waals surface area contributed by atoms with Gasteiger partial charge in [-0.1, -0.05) is 53.6 Å². The van der Waals surface area contributed by atoms with Gasteiger partial charge in [0.1, 0.15) is 0 Å². The van der Waals surface area contributed by atoms with Crippen molar-refractivity contribution in [2.24, 2.45) is 0 Å². The molecule has 80 valence electrons. The molecule has 3 rings (SSSR count). The fourth-order valence-corrected chi connectivity index (χ4v) is 2.49. The minimum Gasteiger partial charge on any atom is -0.0836 e. The second kappa shape index (κ2) is 3.79. The lowest BCUT2D eigenvalue weighted by Gasteiger charge is -2.07. The third-order valence-electron chi connectivity index (χ3n) is 3.47. The topological polar surface area (TPSA) is 0 Å². The molecule has 0 bridgehead atoms. The Morgan fingerprint density at radius 3 is 2.62 bits per heavy atom. The first-order valence-corrected chi connectivity index (χ1v) is 5.99. The van der Waals surface area contributed by atoms with Crippen LogP contribution in [-0.2, 0) is 0 Å². The third-order valence-corrected chi connectivity index (χ3v) is 3.47. The summed E-state index contributed by atoms with van der Waals surface area (Å²) in [5, 5.41) is 0. The highest BCUT2D eigenvalue weighted by Crippen LogP contribution is 2.37. The maximum absolute atomic E-state index is 2.36. The quantitative estimate of drug-likeness (QED) is 0.640. The number of benzene rings is 1. The summed E-state index contributed by atoms with van der Waals surface area (Å²) < 4.78 is 0. The number of hydrogen-bond donors (Lipinski definition) is 0. The fraction of sp³-hybridized carbons (Fsp3) is 0.250. The van der Waals surface area contributed by atoms with Crippen LogP contribution in [0.1, 0.15) is 30.4 Å². The van der Waals surface area contributed by atoms with Crippen LogP contribution in [0.15, 0.2) is 53.6 Å². The number of hydrogen-bond acceptors (Lipinski definition) is 0. The predicted octanol–water partition coefficient (Wildman–Crippen LogP) is 4.43. The zero-order valence-electron chi connectivity index (χ0n) is 9.66. The maximum atomic E-state index is 2.36. The molecule has 0 heteroatoms. The van der Waals surface area contributed by atoms with E-state index in [9.17, 15) is 0 Å². The average molecular weight is 208 g/mol. The molecule has 0 saturated heterocycles. The van der Waals surface area contributed by atoms with Crippen molar-refractivity contribution >= 4 is 5.57 Å². The first-order chi connectivity index (χ1) is 7.83. The van der Waals surface area contributed by atoms with E-state index in [4.69, 9.17) is 0 Å². The molecule has 0 aliphatic heterocycles. The number of aryl methyl sites for hydroxylation is 1. The van der Waals surface area contributed by atoms with Crippen molar-refractivity contribution in [3.8, 4) is 0 Å². The van der Waals surface area contributed by atoms with Gasteiger partial charge in [0.15, 0.2) is 0 Å². The van der Waals surface area contributed by atoms with E-state index in [1.165, 1.54) is 35.1 Å². The van der Waals surface area contributed by atoms with Crippen molar-refractivity contribution in [1.29, 1.82) is 0 Å². The molecule has 0 nitrogen and oxygen atoms in total. The highest BCUT2D eigenvalue weighted by atomic mass is 14.2. The second-order valence-electron chi connectivity index (χ2n) is 4.71. The Bertz CT molecular complexity index is 495. The molecule has 0 heterocycles. The van der Waals surface area contributed by atoms with Gasteiger partial charge in [0, 0.05) is 0 Å². The first kappa shape index (κ1) is 9.65. The molecular formula is C16H16. The molecule has 1 aromatic rings. The van der Waals surface area contributed by atoms with E-state index in [0.717, 1.165) is 6.42 Å². The van der Waals surface area contributed by atoms with E-state index in [1.807, 2.05) is 0 Å². The molecule has 0 aromatic heterocycles. The van der Waals surface area contributed by atoms with Crippen LogP contribution in [0, 0.1) is 6.92 Å². The van der Waals surface area contributed by atoms with Crippen molar-refractivity contribution < 1.29 is 0 Å². The lowest BCUT2D eigenvalue weighted by Crippen LogP contribution is -1.88. The molecular weight excluding hydrogens is 192 g/mol. The van der Waals surface area contributed by atoms with Crippen LogP contribution in [0.4, 0.5) is 0 Å². The molecule has 0 fully saturated rings. The Morgan fingerprint density at radius 1 is 1.06 bits per heavy atom. The lowest BCUT2D eigenvalue weighted by atomic mass is 9.97. The van der Waals surface area contributed by atoms with Gasteiger partial charge < -0.3 is 0 Å². The molecule has 0 unspecified atom stereocenters. The zero-order valence-corrected chi connectivity index (χ0v) is 9.66. The standard InChI is InChI=1S/C16H16/c1-12-6-8-13(9-7-12)16-10-14-4-2-3-5-15(14)11-16/h2,4,6-10H,3,5,11H2,1H3. The van der Waals surface area contributed by atoms with Gasteiger partial charge >= 0.3 is 0 Å². The minimum atomic E-state index is 1.16. The molecule has 0 spiro atoms. The zero-order chi connectivity index (χ0) is 11.0. The molecule has 0 N–H and O–H groups in total. The molecule has 1 aromatic carbocycles. The van der Waals surface area contributed by atoms with Crippen molar-refractivity contribution in [2.45, 2.75) is 26.2 Å². The molecule has 0 radical (unpaired) electrons. The molecule has 0 saturated carbocycles. The van der Waals surface area contributed by atoms with Crippen LogP contribution >= 0.6 is 0 Å². The third kappa shape index (κ3) is 1.65. The van der Waals surface area contributed by atoms with Gasteiger partial charge in [-0.05, 0) is 42.9 Å². The van der Waals surface area contributed by atoms with Crippen LogP contribution < -0.4 is 0 Å². The van der Waals surface area contributed by atoms with Crippen LogP contribution in [0.3, 0.4) is 0 Å². The Balaban J connectivity index is 1.90. The summed E-state index contributed by atoms with van der Waals surface area (Å²) in [5.74, 6) is 0. The first-order valence-electron chi connectivity index (χ1n) is 5.99. The van der Waals surface area contributed by atoms with Crippen molar-refractivity contribution in [1.82, 2.24) is 0 Å². The maximum Gasteiger partial charge on any atom is -0.00518 e. The minimum absolute atomic E-state index is 1.16. The summed E-state index contributed by atoms with van der Waals surface area (Å²) in [6.45, 7) is 2.14. The van der Waals surface area contributed by atoms with Gasteiger partial charge in [0.2, 0.25) is 0 Å². The van der Waals surface area contributed by atoms with Crippen LogP contribution in [0.25, 0.3) is 5.57 Å². The SMILES string of the molecule is Cc1ccc(C2=CC3=C(CCC=C3)C2)cc1. The Labute approximate surface area is 97.0 Å². The molecule has 2 aliphatic carbocycles. The highest BCUT2D eigenvalue weighted by Gasteiger charge is 2.16. The van der Waals surface area contributed by atoms with Crippen molar-refractivity contribution in [2.75, 3.05) is 0 Å². The molecule has 16 heavy (non-hydrogen) atoms. The largest absolute Gasteiger partial charge is 0.0836 e.